The van der Waals surface area contributed by atoms with E-state index in [0.717, 1.165) is 24.6 Å². The normalized spacial score (nSPS) is 28.0. The molecule has 0 aliphatic heterocycles. The maximum atomic E-state index is 13.5. The van der Waals surface area contributed by atoms with E-state index in [1.807, 2.05) is 0 Å². The van der Waals surface area contributed by atoms with Crippen molar-refractivity contribution < 1.29 is 13.9 Å². The Labute approximate surface area is 146 Å². The van der Waals surface area contributed by atoms with Gasteiger partial charge in [-0.15, -0.1) is 0 Å². The van der Waals surface area contributed by atoms with Gasteiger partial charge in [0.1, 0.15) is 17.6 Å². The Hall–Kier alpha value is -2.42. The van der Waals surface area contributed by atoms with Gasteiger partial charge in [-0.3, -0.25) is 4.79 Å². The number of carbonyl (C=O) groups is 1. The number of halogens is 1. The van der Waals surface area contributed by atoms with Crippen molar-refractivity contribution in [1.82, 2.24) is 5.43 Å². The Kier molecular flexibility index (Phi) is 4.28. The van der Waals surface area contributed by atoms with Gasteiger partial charge >= 0.3 is 0 Å². The zero-order valence-corrected chi connectivity index (χ0v) is 14.7. The summed E-state index contributed by atoms with van der Waals surface area (Å²) in [5, 5.41) is 13.0. The summed E-state index contributed by atoms with van der Waals surface area (Å²) < 4.78 is 18.8. The largest absolute Gasteiger partial charge is 0.484 e. The van der Waals surface area contributed by atoms with E-state index in [0.29, 0.717) is 5.92 Å². The van der Waals surface area contributed by atoms with Gasteiger partial charge in [0.25, 0.3) is 5.91 Å². The Morgan fingerprint density at radius 3 is 2.80 bits per heavy atom. The van der Waals surface area contributed by atoms with Gasteiger partial charge in [-0.1, -0.05) is 20.8 Å². The second-order valence-electron chi connectivity index (χ2n) is 7.63. The zero-order chi connectivity index (χ0) is 18.2. The monoisotopic (exact) mass is 343 g/mol. The van der Waals surface area contributed by atoms with Crippen LogP contribution in [0, 0.1) is 33.9 Å². The summed E-state index contributed by atoms with van der Waals surface area (Å²) in [6.07, 6.45) is 3.23. The van der Waals surface area contributed by atoms with Crippen LogP contribution in [-0.4, -0.2) is 18.2 Å². The molecule has 2 aliphatic rings. The number of hydrazone groups is 1. The third-order valence-electron chi connectivity index (χ3n) is 6.26. The number of benzene rings is 1. The van der Waals surface area contributed by atoms with Crippen LogP contribution in [0.5, 0.6) is 5.75 Å². The number of amides is 1. The van der Waals surface area contributed by atoms with Crippen molar-refractivity contribution >= 4 is 11.6 Å². The molecule has 5 nitrogen and oxygen atoms in total. The average Bonchev–Trinajstić information content (AvgIpc) is 2.91. The van der Waals surface area contributed by atoms with Gasteiger partial charge in [0, 0.05) is 17.2 Å². The van der Waals surface area contributed by atoms with Gasteiger partial charge in [-0.05, 0) is 42.7 Å². The molecular weight excluding hydrogens is 321 g/mol. The number of hydrogen-bond acceptors (Lipinski definition) is 4. The van der Waals surface area contributed by atoms with Crippen LogP contribution in [0.25, 0.3) is 0 Å². The molecule has 0 saturated heterocycles. The topological polar surface area (TPSA) is 74.5 Å². The van der Waals surface area contributed by atoms with Crippen LogP contribution in [0.1, 0.15) is 45.6 Å². The lowest BCUT2D eigenvalue weighted by atomic mass is 9.70. The Bertz CT molecular complexity index is 781. The van der Waals surface area contributed by atoms with Gasteiger partial charge in [-0.2, -0.15) is 10.4 Å². The van der Waals surface area contributed by atoms with Crippen molar-refractivity contribution in [2.24, 2.45) is 21.8 Å². The lowest BCUT2D eigenvalue weighted by Gasteiger charge is -2.34. The summed E-state index contributed by atoms with van der Waals surface area (Å²) in [5.41, 5.74) is 3.78. The van der Waals surface area contributed by atoms with Gasteiger partial charge in [0.15, 0.2) is 6.61 Å². The van der Waals surface area contributed by atoms with Crippen molar-refractivity contribution in [2.45, 2.75) is 40.0 Å². The minimum Gasteiger partial charge on any atom is -0.484 e. The fourth-order valence-electron chi connectivity index (χ4n) is 4.08. The van der Waals surface area contributed by atoms with Crippen molar-refractivity contribution in [2.75, 3.05) is 6.61 Å². The molecule has 1 aromatic rings. The van der Waals surface area contributed by atoms with Crippen molar-refractivity contribution in [3.63, 3.8) is 0 Å². The second kappa shape index (κ2) is 6.14. The van der Waals surface area contributed by atoms with Crippen LogP contribution in [0.2, 0.25) is 0 Å². The van der Waals surface area contributed by atoms with E-state index in [-0.39, 0.29) is 34.7 Å². The molecule has 0 aromatic heterocycles. The molecule has 25 heavy (non-hydrogen) atoms. The molecule has 6 heteroatoms. The summed E-state index contributed by atoms with van der Waals surface area (Å²) in [7, 11) is 0. The highest BCUT2D eigenvalue weighted by atomic mass is 19.1. The molecule has 0 radical (unpaired) electrons. The SMILES string of the molecule is CC12CCC(C/C1=N\NC(=O)COc1ccc(C#N)c(F)c1)C2(C)C. The van der Waals surface area contributed by atoms with Crippen LogP contribution in [0.4, 0.5) is 4.39 Å². The van der Waals surface area contributed by atoms with E-state index in [2.05, 4.69) is 31.3 Å². The molecule has 2 unspecified atom stereocenters. The molecule has 2 bridgehead atoms. The van der Waals surface area contributed by atoms with Gasteiger partial charge in [0.05, 0.1) is 5.56 Å². The molecule has 1 amide bonds. The minimum atomic E-state index is -0.669. The third kappa shape index (κ3) is 2.88. The summed E-state index contributed by atoms with van der Waals surface area (Å²) in [6, 6.07) is 5.61. The Morgan fingerprint density at radius 1 is 1.48 bits per heavy atom. The Morgan fingerprint density at radius 2 is 2.24 bits per heavy atom. The number of nitriles is 1. The fraction of sp³-hybridized carbons (Fsp3) is 0.526. The highest BCUT2D eigenvalue weighted by molar-refractivity contribution is 5.95. The summed E-state index contributed by atoms with van der Waals surface area (Å²) in [6.45, 7) is 6.52. The van der Waals surface area contributed by atoms with E-state index < -0.39 is 5.82 Å². The number of rotatable bonds is 4. The van der Waals surface area contributed by atoms with Gasteiger partial charge in [-0.25, -0.2) is 9.82 Å². The van der Waals surface area contributed by atoms with Crippen molar-refractivity contribution in [3.8, 4) is 11.8 Å². The number of fused-ring (bicyclic) bond motifs is 2. The number of ether oxygens (including phenoxy) is 1. The third-order valence-corrected chi connectivity index (χ3v) is 6.26. The molecule has 2 atom stereocenters. The molecule has 1 N–H and O–H groups in total. The number of nitrogens with zero attached hydrogens (tertiary/aromatic N) is 2. The molecule has 132 valence electrons. The molecule has 2 aliphatic carbocycles. The molecule has 2 saturated carbocycles. The summed E-state index contributed by atoms with van der Waals surface area (Å²) in [5.74, 6) is -0.238. The fourth-order valence-corrected chi connectivity index (χ4v) is 4.08. The minimum absolute atomic E-state index is 0.0298. The summed E-state index contributed by atoms with van der Waals surface area (Å²) in [4.78, 5) is 12.0. The van der Waals surface area contributed by atoms with Gasteiger partial charge < -0.3 is 4.74 Å². The predicted molar refractivity (Wildman–Crippen MR) is 91.4 cm³/mol. The second-order valence-corrected chi connectivity index (χ2v) is 7.63. The highest BCUT2D eigenvalue weighted by Crippen LogP contribution is 2.63. The summed E-state index contributed by atoms with van der Waals surface area (Å²) >= 11 is 0. The zero-order valence-electron chi connectivity index (χ0n) is 14.7. The maximum Gasteiger partial charge on any atom is 0.277 e. The molecule has 0 heterocycles. The van der Waals surface area contributed by atoms with E-state index in [1.165, 1.54) is 18.6 Å². The Balaban J connectivity index is 1.57. The van der Waals surface area contributed by atoms with E-state index >= 15 is 0 Å². The van der Waals surface area contributed by atoms with Crippen LogP contribution in [-0.2, 0) is 4.79 Å². The first-order valence-corrected chi connectivity index (χ1v) is 8.46. The van der Waals surface area contributed by atoms with Crippen molar-refractivity contribution in [3.05, 3.63) is 29.6 Å². The standard InChI is InChI=1S/C19H22FN3O2/c1-18(2)13-6-7-19(18,3)16(8-13)22-23-17(24)11-25-14-5-4-12(10-21)15(20)9-14/h4-5,9,13H,6-8,11H2,1-3H3,(H,23,24)/b22-16+. The quantitative estimate of drug-likeness (QED) is 0.852. The average molecular weight is 343 g/mol. The highest BCUT2D eigenvalue weighted by Gasteiger charge is 2.59. The molecule has 2 fully saturated rings. The van der Waals surface area contributed by atoms with Crippen LogP contribution in [0.15, 0.2) is 23.3 Å². The van der Waals surface area contributed by atoms with E-state index in [4.69, 9.17) is 10.00 Å². The van der Waals surface area contributed by atoms with Crippen LogP contribution < -0.4 is 10.2 Å². The molecule has 1 aromatic carbocycles. The van der Waals surface area contributed by atoms with Crippen LogP contribution >= 0.6 is 0 Å². The smallest absolute Gasteiger partial charge is 0.277 e. The van der Waals surface area contributed by atoms with Crippen LogP contribution in [0.3, 0.4) is 0 Å². The first-order chi connectivity index (χ1) is 11.8. The lowest BCUT2D eigenvalue weighted by molar-refractivity contribution is -0.123. The predicted octanol–water partition coefficient (Wildman–Crippen LogP) is 3.39. The first-order valence-electron chi connectivity index (χ1n) is 8.46. The number of nitrogens with one attached hydrogen (secondary N) is 1. The molecule has 3 rings (SSSR count). The van der Waals surface area contributed by atoms with Gasteiger partial charge in [0.2, 0.25) is 0 Å². The van der Waals surface area contributed by atoms with E-state index in [1.54, 1.807) is 6.07 Å². The lowest BCUT2D eigenvalue weighted by Crippen LogP contribution is -2.35. The number of hydrogen-bond donors (Lipinski definition) is 1. The van der Waals surface area contributed by atoms with Crippen molar-refractivity contribution in [1.29, 1.82) is 5.26 Å². The molecule has 0 spiro atoms. The van der Waals surface area contributed by atoms with E-state index in [9.17, 15) is 9.18 Å². The molecular formula is C19H22FN3O2. The number of carbonyl (C=O) groups excluding carboxylic acids is 1. The first kappa shape index (κ1) is 17.4. The maximum absolute atomic E-state index is 13.5.